The van der Waals surface area contributed by atoms with Crippen LogP contribution in [0.25, 0.3) is 11.1 Å². The summed E-state index contributed by atoms with van der Waals surface area (Å²) in [4.78, 5) is 28.2. The SMILES string of the molecule is CNC(=O)COc1cc(OC)c(CN(CCSC(c2ccccc2)(c2ccccc2)c2ccccc2)C(=O)OCC2c3ccccc3-c3ccccc32)c(OC)c1. The van der Waals surface area contributed by atoms with Gasteiger partial charge in [0, 0.05) is 37.4 Å². The van der Waals surface area contributed by atoms with Crippen molar-refractivity contribution < 1.29 is 28.5 Å². The smallest absolute Gasteiger partial charge is 0.410 e. The number of thioether (sulfide) groups is 1. The molecule has 1 aliphatic carbocycles. The minimum Gasteiger partial charge on any atom is -0.496 e. The van der Waals surface area contributed by atoms with Gasteiger partial charge in [-0.3, -0.25) is 4.79 Å². The van der Waals surface area contributed by atoms with E-state index >= 15 is 0 Å². The van der Waals surface area contributed by atoms with Crippen molar-refractivity contribution in [2.24, 2.45) is 0 Å². The average molecular weight is 779 g/mol. The van der Waals surface area contributed by atoms with Crippen LogP contribution in [0.4, 0.5) is 4.79 Å². The molecule has 0 aliphatic heterocycles. The van der Waals surface area contributed by atoms with Crippen LogP contribution in [0, 0.1) is 0 Å². The van der Waals surface area contributed by atoms with Crippen LogP contribution in [0.5, 0.6) is 17.2 Å². The molecule has 1 aliphatic rings. The maximum Gasteiger partial charge on any atom is 0.410 e. The number of hydrogen-bond acceptors (Lipinski definition) is 7. The molecule has 0 radical (unpaired) electrons. The largest absolute Gasteiger partial charge is 0.496 e. The van der Waals surface area contributed by atoms with E-state index in [4.69, 9.17) is 18.9 Å². The first-order valence-electron chi connectivity index (χ1n) is 19.0. The van der Waals surface area contributed by atoms with E-state index in [-0.39, 0.29) is 31.6 Å². The van der Waals surface area contributed by atoms with E-state index in [1.54, 1.807) is 50.1 Å². The maximum absolute atomic E-state index is 14.5. The van der Waals surface area contributed by atoms with E-state index < -0.39 is 10.8 Å². The lowest BCUT2D eigenvalue weighted by molar-refractivity contribution is -0.122. The molecular weight excluding hydrogens is 733 g/mol. The Bertz CT molecular complexity index is 2120. The lowest BCUT2D eigenvalue weighted by atomic mass is 9.84. The Balaban J connectivity index is 1.22. The van der Waals surface area contributed by atoms with Gasteiger partial charge in [-0.25, -0.2) is 4.79 Å². The second-order valence-corrected chi connectivity index (χ2v) is 14.9. The standard InChI is InChI=1S/C48H46N2O6S/c1-49-46(51)33-55-37-29-44(53-2)42(45(30-37)54-3)31-50(47(52)56-32-43-40-25-15-13-23-38(40)39-24-14-16-26-41(39)43)27-28-57-48(34-17-7-4-8-18-34,35-19-9-5-10-20-35)36-21-11-6-12-22-36/h4-26,29-30,43H,27-28,31-33H2,1-3H3,(H,49,51). The van der Waals surface area contributed by atoms with E-state index in [2.05, 4.69) is 102 Å². The van der Waals surface area contributed by atoms with Crippen LogP contribution < -0.4 is 19.5 Å². The molecule has 6 aromatic carbocycles. The zero-order valence-electron chi connectivity index (χ0n) is 32.4. The zero-order chi connectivity index (χ0) is 39.6. The fourth-order valence-corrected chi connectivity index (χ4v) is 9.13. The van der Waals surface area contributed by atoms with Crippen molar-refractivity contribution in [1.29, 1.82) is 0 Å². The highest BCUT2D eigenvalue weighted by Crippen LogP contribution is 2.49. The van der Waals surface area contributed by atoms with Crippen LogP contribution >= 0.6 is 11.8 Å². The van der Waals surface area contributed by atoms with Crippen molar-refractivity contribution in [3.05, 3.63) is 185 Å². The molecule has 8 nitrogen and oxygen atoms in total. The molecular formula is C48H46N2O6S. The monoisotopic (exact) mass is 778 g/mol. The Kier molecular flexibility index (Phi) is 12.5. The lowest BCUT2D eigenvalue weighted by Gasteiger charge is -2.36. The van der Waals surface area contributed by atoms with Gasteiger partial charge in [0.05, 0.1) is 31.1 Å². The van der Waals surface area contributed by atoms with Crippen molar-refractivity contribution in [2.75, 3.05) is 46.8 Å². The number of ether oxygens (including phenoxy) is 4. The van der Waals surface area contributed by atoms with Crippen LogP contribution in [-0.2, 0) is 20.8 Å². The van der Waals surface area contributed by atoms with Crippen molar-refractivity contribution >= 4 is 23.8 Å². The van der Waals surface area contributed by atoms with Gasteiger partial charge in [0.2, 0.25) is 0 Å². The summed E-state index contributed by atoms with van der Waals surface area (Å²) >= 11 is 1.77. The number of carbonyl (C=O) groups is 2. The van der Waals surface area contributed by atoms with Crippen LogP contribution in [0.1, 0.15) is 39.3 Å². The summed E-state index contributed by atoms with van der Waals surface area (Å²) in [6.07, 6.45) is -0.453. The van der Waals surface area contributed by atoms with Crippen molar-refractivity contribution in [1.82, 2.24) is 10.2 Å². The van der Waals surface area contributed by atoms with Gasteiger partial charge >= 0.3 is 6.09 Å². The summed E-state index contributed by atoms with van der Waals surface area (Å²) in [5.41, 5.74) is 8.66. The fourth-order valence-electron chi connectivity index (χ4n) is 7.61. The zero-order valence-corrected chi connectivity index (χ0v) is 33.2. The predicted octanol–water partition coefficient (Wildman–Crippen LogP) is 9.30. The Morgan fingerprint density at radius 3 is 1.63 bits per heavy atom. The van der Waals surface area contributed by atoms with Crippen molar-refractivity contribution in [3.8, 4) is 28.4 Å². The van der Waals surface area contributed by atoms with E-state index in [1.807, 2.05) is 42.5 Å². The second-order valence-electron chi connectivity index (χ2n) is 13.6. The van der Waals surface area contributed by atoms with Gasteiger partial charge in [-0.15, -0.1) is 11.8 Å². The van der Waals surface area contributed by atoms with Crippen LogP contribution in [0.3, 0.4) is 0 Å². The van der Waals surface area contributed by atoms with Crippen LogP contribution in [0.2, 0.25) is 0 Å². The summed E-state index contributed by atoms with van der Waals surface area (Å²) in [7, 11) is 4.67. The topological polar surface area (TPSA) is 86.3 Å². The molecule has 9 heteroatoms. The molecule has 0 aromatic heterocycles. The molecule has 0 bridgehead atoms. The molecule has 6 aromatic rings. The number of methoxy groups -OCH3 is 2. The van der Waals surface area contributed by atoms with E-state index in [0.29, 0.717) is 35.1 Å². The fraction of sp³-hybridized carbons (Fsp3) is 0.208. The number of hydrogen-bond donors (Lipinski definition) is 1. The number of nitrogens with one attached hydrogen (secondary N) is 1. The first-order valence-corrected chi connectivity index (χ1v) is 19.9. The molecule has 0 atom stereocenters. The third-order valence-electron chi connectivity index (χ3n) is 10.4. The summed E-state index contributed by atoms with van der Waals surface area (Å²) < 4.78 is 23.2. The second kappa shape index (κ2) is 18.2. The Labute approximate surface area is 338 Å². The highest BCUT2D eigenvalue weighted by Gasteiger charge is 2.37. The first kappa shape index (κ1) is 39.1. The molecule has 0 saturated heterocycles. The average Bonchev–Trinajstić information content (AvgIpc) is 3.60. The number of benzene rings is 6. The maximum atomic E-state index is 14.5. The van der Waals surface area contributed by atoms with E-state index in [0.717, 1.165) is 38.9 Å². The summed E-state index contributed by atoms with van der Waals surface area (Å²) in [6.45, 7) is 0.488. The highest BCUT2D eigenvalue weighted by molar-refractivity contribution is 8.00. The predicted molar refractivity (Wildman–Crippen MR) is 226 cm³/mol. The Hall–Kier alpha value is -6.19. The van der Waals surface area contributed by atoms with Crippen molar-refractivity contribution in [2.45, 2.75) is 17.2 Å². The summed E-state index contributed by atoms with van der Waals surface area (Å²) in [5.74, 6) is 1.50. The molecule has 1 N–H and O–H groups in total. The number of amides is 2. The summed E-state index contributed by atoms with van der Waals surface area (Å²) in [6, 6.07) is 51.5. The van der Waals surface area contributed by atoms with Gasteiger partial charge in [-0.1, -0.05) is 140 Å². The number of likely N-dealkylation sites (N-methyl/N-ethyl adjacent to an activating group) is 1. The molecule has 0 unspecified atom stereocenters. The van der Waals surface area contributed by atoms with Gasteiger partial charge in [-0.2, -0.15) is 0 Å². The first-order chi connectivity index (χ1) is 28.0. The van der Waals surface area contributed by atoms with Crippen LogP contribution in [0.15, 0.2) is 152 Å². The minimum atomic E-state index is -0.574. The molecule has 2 amide bonds. The molecule has 290 valence electrons. The van der Waals surface area contributed by atoms with E-state index in [1.165, 1.54) is 0 Å². The molecule has 0 heterocycles. The third kappa shape index (κ3) is 8.34. The van der Waals surface area contributed by atoms with Crippen molar-refractivity contribution in [3.63, 3.8) is 0 Å². The Morgan fingerprint density at radius 2 is 1.16 bits per heavy atom. The van der Waals surface area contributed by atoms with E-state index in [9.17, 15) is 9.59 Å². The molecule has 57 heavy (non-hydrogen) atoms. The van der Waals surface area contributed by atoms with Gasteiger partial charge in [0.25, 0.3) is 5.91 Å². The minimum absolute atomic E-state index is 0.0970. The molecule has 0 saturated carbocycles. The quantitative estimate of drug-likeness (QED) is 0.0981. The number of fused-ring (bicyclic) bond motifs is 3. The van der Waals surface area contributed by atoms with Gasteiger partial charge in [0.15, 0.2) is 6.61 Å². The Morgan fingerprint density at radius 1 is 0.684 bits per heavy atom. The molecule has 0 spiro atoms. The van der Waals surface area contributed by atoms with Gasteiger partial charge < -0.3 is 29.2 Å². The molecule has 7 rings (SSSR count). The number of rotatable bonds is 16. The third-order valence-corrected chi connectivity index (χ3v) is 11.9. The summed E-state index contributed by atoms with van der Waals surface area (Å²) in [5, 5.41) is 2.56. The number of nitrogens with zero attached hydrogens (tertiary/aromatic N) is 1. The highest BCUT2D eigenvalue weighted by atomic mass is 32.2. The van der Waals surface area contributed by atoms with Gasteiger partial charge in [-0.05, 0) is 38.9 Å². The molecule has 0 fully saturated rings. The normalized spacial score (nSPS) is 11.9. The van der Waals surface area contributed by atoms with Gasteiger partial charge in [0.1, 0.15) is 23.9 Å². The lowest BCUT2D eigenvalue weighted by Crippen LogP contribution is -2.35. The van der Waals surface area contributed by atoms with Crippen LogP contribution in [-0.4, -0.2) is 63.7 Å². The number of carbonyl (C=O) groups excluding carboxylic acids is 2.